The van der Waals surface area contributed by atoms with E-state index in [1.807, 2.05) is 0 Å². The highest BCUT2D eigenvalue weighted by atomic mass is 19.2. The highest BCUT2D eigenvalue weighted by Gasteiger charge is 2.16. The average molecular weight is 561 g/mol. The van der Waals surface area contributed by atoms with Crippen LogP contribution >= 0.6 is 0 Å². The minimum atomic E-state index is -1.04. The Balaban J connectivity index is 1.45. The fourth-order valence-corrected chi connectivity index (χ4v) is 4.22. The van der Waals surface area contributed by atoms with Gasteiger partial charge < -0.3 is 9.47 Å². The van der Waals surface area contributed by atoms with E-state index < -0.39 is 23.3 Å². The number of rotatable bonds is 13. The molecular weight excluding hydrogens is 528 g/mol. The number of hydrogen-bond acceptors (Lipinski definition) is 2. The van der Waals surface area contributed by atoms with Crippen molar-refractivity contribution in [2.45, 2.75) is 32.6 Å². The fourth-order valence-electron chi connectivity index (χ4n) is 4.22. The predicted molar refractivity (Wildman–Crippen MR) is 158 cm³/mol. The largest absolute Gasteiger partial charge is 0.494 e. The number of unbranched alkanes of at least 4 members (excludes halogenated alkanes) is 2. The summed E-state index contributed by atoms with van der Waals surface area (Å²) >= 11 is 0. The number of hydrogen-bond donors (Lipinski definition) is 0. The monoisotopic (exact) mass is 560 g/mol. The van der Waals surface area contributed by atoms with Crippen molar-refractivity contribution in [3.63, 3.8) is 0 Å². The standard InChI is InChI=1S/C35H32F4O2/c1-3-5-7-23-41-31-21-20-30(34(38)35(31)39)25-11-8-24(9-12-25)10-13-27-16-19-29(33(37)32(27)36)26-14-17-28(18-15-26)40-22-6-4-2/h3,8-21H,1,4-7,22-23H2,2H3/b13-10+. The van der Waals surface area contributed by atoms with Crippen molar-refractivity contribution in [3.8, 4) is 33.8 Å². The summed E-state index contributed by atoms with van der Waals surface area (Å²) in [5.41, 5.74) is 2.05. The lowest BCUT2D eigenvalue weighted by Gasteiger charge is -2.10. The molecule has 6 heteroatoms. The summed E-state index contributed by atoms with van der Waals surface area (Å²) in [6, 6.07) is 19.5. The van der Waals surface area contributed by atoms with Crippen LogP contribution in [-0.2, 0) is 0 Å². The normalized spacial score (nSPS) is 11.1. The number of benzene rings is 4. The summed E-state index contributed by atoms with van der Waals surface area (Å²) in [4.78, 5) is 0. The van der Waals surface area contributed by atoms with Crippen LogP contribution in [0.1, 0.15) is 43.7 Å². The molecule has 0 saturated heterocycles. The van der Waals surface area contributed by atoms with E-state index in [2.05, 4.69) is 13.5 Å². The smallest absolute Gasteiger partial charge is 0.201 e. The summed E-state index contributed by atoms with van der Waals surface area (Å²) in [7, 11) is 0. The van der Waals surface area contributed by atoms with Crippen LogP contribution in [0.25, 0.3) is 34.4 Å². The zero-order chi connectivity index (χ0) is 29.2. The van der Waals surface area contributed by atoms with Crippen LogP contribution in [0.3, 0.4) is 0 Å². The molecule has 0 aliphatic carbocycles. The molecule has 212 valence electrons. The van der Waals surface area contributed by atoms with Crippen LogP contribution in [0.2, 0.25) is 0 Å². The summed E-state index contributed by atoms with van der Waals surface area (Å²) < 4.78 is 70.1. The zero-order valence-corrected chi connectivity index (χ0v) is 22.9. The molecule has 0 aliphatic rings. The maximum absolute atomic E-state index is 14.9. The van der Waals surface area contributed by atoms with Gasteiger partial charge in [0.15, 0.2) is 23.2 Å². The molecule has 0 spiro atoms. The Hall–Kier alpha value is -4.32. The van der Waals surface area contributed by atoms with Crippen molar-refractivity contribution in [1.29, 1.82) is 0 Å². The van der Waals surface area contributed by atoms with E-state index in [9.17, 15) is 17.6 Å². The molecule has 4 rings (SSSR count). The highest BCUT2D eigenvalue weighted by Crippen LogP contribution is 2.31. The van der Waals surface area contributed by atoms with Gasteiger partial charge in [0.2, 0.25) is 5.82 Å². The van der Waals surface area contributed by atoms with E-state index in [0.29, 0.717) is 35.5 Å². The van der Waals surface area contributed by atoms with Crippen molar-refractivity contribution in [2.24, 2.45) is 0 Å². The Morgan fingerprint density at radius 3 is 1.90 bits per heavy atom. The van der Waals surface area contributed by atoms with E-state index in [4.69, 9.17) is 9.47 Å². The van der Waals surface area contributed by atoms with Crippen molar-refractivity contribution >= 4 is 12.2 Å². The van der Waals surface area contributed by atoms with Gasteiger partial charge in [-0.1, -0.05) is 80.1 Å². The molecule has 2 nitrogen and oxygen atoms in total. The first-order chi connectivity index (χ1) is 19.9. The van der Waals surface area contributed by atoms with Crippen molar-refractivity contribution in [1.82, 2.24) is 0 Å². The van der Waals surface area contributed by atoms with Gasteiger partial charge >= 0.3 is 0 Å². The molecule has 0 saturated carbocycles. The molecule has 0 N–H and O–H groups in total. The maximum atomic E-state index is 14.9. The van der Waals surface area contributed by atoms with Crippen LogP contribution in [0.4, 0.5) is 17.6 Å². The first-order valence-electron chi connectivity index (χ1n) is 13.6. The van der Waals surface area contributed by atoms with Gasteiger partial charge in [0.25, 0.3) is 0 Å². The van der Waals surface area contributed by atoms with Crippen LogP contribution in [0.5, 0.6) is 11.5 Å². The quantitative estimate of drug-likeness (QED) is 0.0701. The van der Waals surface area contributed by atoms with Gasteiger partial charge in [-0.2, -0.15) is 4.39 Å². The lowest BCUT2D eigenvalue weighted by atomic mass is 10.0. The molecule has 0 bridgehead atoms. The molecule has 41 heavy (non-hydrogen) atoms. The third-order valence-electron chi connectivity index (χ3n) is 6.58. The minimum Gasteiger partial charge on any atom is -0.494 e. The summed E-state index contributed by atoms with van der Waals surface area (Å²) in [6.07, 6.45) is 8.18. The molecule has 4 aromatic rings. The minimum absolute atomic E-state index is 0.0895. The fraction of sp³-hybridized carbons (Fsp3) is 0.200. The SMILES string of the molecule is C=CCCCOc1ccc(-c2ccc(/C=C/c3ccc(-c4ccc(OCCCC)cc4)c(F)c3F)cc2)c(F)c1F. The number of ether oxygens (including phenoxy) is 2. The molecule has 4 aromatic carbocycles. The second kappa shape index (κ2) is 14.4. The van der Waals surface area contributed by atoms with Gasteiger partial charge in [0.05, 0.1) is 13.2 Å². The van der Waals surface area contributed by atoms with Crippen LogP contribution in [0, 0.1) is 23.3 Å². The number of halogens is 4. The van der Waals surface area contributed by atoms with Gasteiger partial charge in [0.1, 0.15) is 5.75 Å². The summed E-state index contributed by atoms with van der Waals surface area (Å²) in [5.74, 6) is -3.38. The predicted octanol–water partition coefficient (Wildman–Crippen LogP) is 10.3. The topological polar surface area (TPSA) is 18.5 Å². The van der Waals surface area contributed by atoms with E-state index in [0.717, 1.165) is 19.3 Å². The van der Waals surface area contributed by atoms with Crippen LogP contribution in [-0.4, -0.2) is 13.2 Å². The molecular formula is C35H32F4O2. The third kappa shape index (κ3) is 7.46. The van der Waals surface area contributed by atoms with Gasteiger partial charge in [-0.25, -0.2) is 13.2 Å². The van der Waals surface area contributed by atoms with Gasteiger partial charge in [0, 0.05) is 16.7 Å². The molecule has 0 aromatic heterocycles. The Bertz CT molecular complexity index is 1490. The maximum Gasteiger partial charge on any atom is 0.201 e. The molecule has 0 atom stereocenters. The van der Waals surface area contributed by atoms with E-state index in [1.165, 1.54) is 30.3 Å². The molecule has 0 aliphatic heterocycles. The lowest BCUT2D eigenvalue weighted by Crippen LogP contribution is -2.01. The second-order valence-corrected chi connectivity index (χ2v) is 9.53. The van der Waals surface area contributed by atoms with Crippen molar-refractivity contribution in [3.05, 3.63) is 120 Å². The molecule has 0 radical (unpaired) electrons. The lowest BCUT2D eigenvalue weighted by molar-refractivity contribution is 0.291. The van der Waals surface area contributed by atoms with Crippen LogP contribution in [0.15, 0.2) is 85.5 Å². The van der Waals surface area contributed by atoms with Crippen LogP contribution < -0.4 is 9.47 Å². The van der Waals surface area contributed by atoms with E-state index in [1.54, 1.807) is 60.7 Å². The van der Waals surface area contributed by atoms with E-state index >= 15 is 0 Å². The molecule has 0 amide bonds. The Kier molecular flexibility index (Phi) is 10.4. The van der Waals surface area contributed by atoms with Gasteiger partial charge in [-0.15, -0.1) is 6.58 Å². The van der Waals surface area contributed by atoms with Gasteiger partial charge in [-0.05, 0) is 60.2 Å². The number of allylic oxidation sites excluding steroid dienone is 1. The molecule has 0 fully saturated rings. The molecule has 0 heterocycles. The van der Waals surface area contributed by atoms with E-state index in [-0.39, 0.29) is 29.0 Å². The summed E-state index contributed by atoms with van der Waals surface area (Å²) in [5, 5.41) is 0. The highest BCUT2D eigenvalue weighted by molar-refractivity contribution is 5.74. The first kappa shape index (κ1) is 29.7. The average Bonchev–Trinajstić information content (AvgIpc) is 2.99. The zero-order valence-electron chi connectivity index (χ0n) is 22.9. The van der Waals surface area contributed by atoms with Crippen molar-refractivity contribution < 1.29 is 27.0 Å². The summed E-state index contributed by atoms with van der Waals surface area (Å²) in [6.45, 7) is 6.57. The Morgan fingerprint density at radius 1 is 0.634 bits per heavy atom. The molecule has 0 unspecified atom stereocenters. The van der Waals surface area contributed by atoms with Crippen molar-refractivity contribution in [2.75, 3.05) is 13.2 Å². The Labute approximate surface area is 238 Å². The second-order valence-electron chi connectivity index (χ2n) is 9.53. The Morgan fingerprint density at radius 2 is 1.24 bits per heavy atom. The third-order valence-corrected chi connectivity index (χ3v) is 6.58. The van der Waals surface area contributed by atoms with Gasteiger partial charge in [-0.3, -0.25) is 0 Å². The first-order valence-corrected chi connectivity index (χ1v) is 13.6.